The molecule has 0 aromatic rings. The Balaban J connectivity index is 3.45. The van der Waals surface area contributed by atoms with Gasteiger partial charge in [-0.25, -0.2) is 8.78 Å². The van der Waals surface area contributed by atoms with Crippen LogP contribution >= 0.6 is 0 Å². The molecule has 0 aliphatic rings. The highest BCUT2D eigenvalue weighted by Crippen LogP contribution is 2.24. The van der Waals surface area contributed by atoms with Crippen LogP contribution in [0.1, 0.15) is 32.6 Å². The Morgan fingerprint density at radius 3 is 2.45 bits per heavy atom. The average molecular weight is 166 g/mol. The van der Waals surface area contributed by atoms with E-state index in [2.05, 4.69) is 0 Å². The number of alkyl halides is 2. The highest BCUT2D eigenvalue weighted by atomic mass is 19.3. The first-order valence-electron chi connectivity index (χ1n) is 3.57. The van der Waals surface area contributed by atoms with Crippen molar-refractivity contribution in [2.24, 2.45) is 0 Å². The zero-order valence-corrected chi connectivity index (χ0v) is 6.44. The zero-order chi connectivity index (χ0) is 8.91. The number of rotatable bonds is 5. The van der Waals surface area contributed by atoms with E-state index in [-0.39, 0.29) is 25.7 Å². The summed E-state index contributed by atoms with van der Waals surface area (Å²) in [4.78, 5) is 9.93. The second-order valence-corrected chi connectivity index (χ2v) is 2.46. The lowest BCUT2D eigenvalue weighted by Gasteiger charge is -2.11. The van der Waals surface area contributed by atoms with E-state index in [1.165, 1.54) is 6.92 Å². The molecule has 0 spiro atoms. The minimum Gasteiger partial charge on any atom is -0.481 e. The smallest absolute Gasteiger partial charge is 0.303 e. The van der Waals surface area contributed by atoms with Crippen LogP contribution in [0, 0.1) is 0 Å². The maximum absolute atomic E-state index is 12.4. The van der Waals surface area contributed by atoms with Gasteiger partial charge in [-0.15, -0.1) is 0 Å². The van der Waals surface area contributed by atoms with Crippen LogP contribution in [0.15, 0.2) is 0 Å². The summed E-state index contributed by atoms with van der Waals surface area (Å²) >= 11 is 0. The van der Waals surface area contributed by atoms with Crippen molar-refractivity contribution in [3.8, 4) is 0 Å². The van der Waals surface area contributed by atoms with E-state index in [0.29, 0.717) is 0 Å². The van der Waals surface area contributed by atoms with Gasteiger partial charge in [0.25, 0.3) is 0 Å². The van der Waals surface area contributed by atoms with Gasteiger partial charge in [0.1, 0.15) is 0 Å². The van der Waals surface area contributed by atoms with Crippen molar-refractivity contribution in [3.05, 3.63) is 0 Å². The van der Waals surface area contributed by atoms with Gasteiger partial charge < -0.3 is 5.11 Å². The highest BCUT2D eigenvalue weighted by molar-refractivity contribution is 5.66. The highest BCUT2D eigenvalue weighted by Gasteiger charge is 2.25. The van der Waals surface area contributed by atoms with Crippen LogP contribution in [0.5, 0.6) is 0 Å². The lowest BCUT2D eigenvalue weighted by atomic mass is 10.1. The maximum atomic E-state index is 12.4. The Kier molecular flexibility index (Phi) is 4.00. The molecule has 0 aliphatic carbocycles. The molecule has 0 amide bonds. The van der Waals surface area contributed by atoms with Crippen molar-refractivity contribution >= 4 is 5.97 Å². The molecule has 0 bridgehead atoms. The fourth-order valence-electron chi connectivity index (χ4n) is 0.675. The van der Waals surface area contributed by atoms with Crippen LogP contribution < -0.4 is 0 Å². The van der Waals surface area contributed by atoms with E-state index in [1.54, 1.807) is 0 Å². The summed E-state index contributed by atoms with van der Waals surface area (Å²) in [7, 11) is 0. The van der Waals surface area contributed by atoms with Crippen LogP contribution in [0.25, 0.3) is 0 Å². The lowest BCUT2D eigenvalue weighted by Crippen LogP contribution is -2.14. The van der Waals surface area contributed by atoms with Crippen LogP contribution in [0.3, 0.4) is 0 Å². The second-order valence-electron chi connectivity index (χ2n) is 2.46. The van der Waals surface area contributed by atoms with Crippen molar-refractivity contribution in [2.45, 2.75) is 38.5 Å². The van der Waals surface area contributed by atoms with Crippen LogP contribution in [-0.2, 0) is 4.79 Å². The van der Waals surface area contributed by atoms with E-state index in [4.69, 9.17) is 5.11 Å². The fourth-order valence-corrected chi connectivity index (χ4v) is 0.675. The molecule has 0 radical (unpaired) electrons. The van der Waals surface area contributed by atoms with Gasteiger partial charge in [-0.2, -0.15) is 0 Å². The monoisotopic (exact) mass is 166 g/mol. The van der Waals surface area contributed by atoms with Gasteiger partial charge >= 0.3 is 5.97 Å². The molecule has 11 heavy (non-hydrogen) atoms. The Morgan fingerprint density at radius 2 is 2.09 bits per heavy atom. The molecule has 0 unspecified atom stereocenters. The molecule has 0 aromatic heterocycles. The van der Waals surface area contributed by atoms with Gasteiger partial charge in [-0.1, -0.05) is 6.92 Å². The predicted octanol–water partition coefficient (Wildman–Crippen LogP) is 2.29. The Morgan fingerprint density at radius 1 is 1.55 bits per heavy atom. The number of hydrogen-bond acceptors (Lipinski definition) is 1. The quantitative estimate of drug-likeness (QED) is 0.680. The minimum absolute atomic E-state index is 0.0518. The third-order valence-electron chi connectivity index (χ3n) is 1.45. The SMILES string of the molecule is CCC(F)(F)CCCC(=O)O. The molecule has 0 saturated heterocycles. The Labute approximate surface area is 64.2 Å². The summed E-state index contributed by atoms with van der Waals surface area (Å²) in [6.45, 7) is 1.39. The lowest BCUT2D eigenvalue weighted by molar-refractivity contribution is -0.137. The number of halogens is 2. The molecule has 0 fully saturated rings. The van der Waals surface area contributed by atoms with Crippen molar-refractivity contribution < 1.29 is 18.7 Å². The molecule has 0 saturated carbocycles. The van der Waals surface area contributed by atoms with Crippen molar-refractivity contribution in [1.29, 1.82) is 0 Å². The van der Waals surface area contributed by atoms with Crippen LogP contribution in [0.4, 0.5) is 8.78 Å². The zero-order valence-electron chi connectivity index (χ0n) is 6.44. The molecule has 0 heterocycles. The third-order valence-corrected chi connectivity index (χ3v) is 1.45. The normalized spacial score (nSPS) is 11.5. The summed E-state index contributed by atoms with van der Waals surface area (Å²) < 4.78 is 24.8. The minimum atomic E-state index is -2.69. The number of hydrogen-bond donors (Lipinski definition) is 1. The summed E-state index contributed by atoms with van der Waals surface area (Å²) in [6.07, 6.45) is -0.659. The first-order valence-corrected chi connectivity index (χ1v) is 3.57. The third kappa shape index (κ3) is 5.76. The molecular weight excluding hydrogens is 154 g/mol. The fraction of sp³-hybridized carbons (Fsp3) is 0.857. The molecule has 0 aromatic carbocycles. The molecule has 0 rings (SSSR count). The second kappa shape index (κ2) is 4.26. The van der Waals surface area contributed by atoms with E-state index < -0.39 is 11.9 Å². The number of carboxylic acid groups (broad SMARTS) is 1. The first kappa shape index (κ1) is 10.3. The molecule has 66 valence electrons. The Bertz CT molecular complexity index is 134. The number of aliphatic carboxylic acids is 1. The number of carboxylic acids is 1. The molecule has 1 N–H and O–H groups in total. The number of carbonyl (C=O) groups is 1. The standard InChI is InChI=1S/C7H12F2O2/c1-2-7(8,9)5-3-4-6(10)11/h2-5H2,1H3,(H,10,11). The summed E-state index contributed by atoms with van der Waals surface area (Å²) in [5, 5.41) is 8.14. The summed E-state index contributed by atoms with van der Waals surface area (Å²) in [5.74, 6) is -3.70. The summed E-state index contributed by atoms with van der Waals surface area (Å²) in [6, 6.07) is 0. The van der Waals surface area contributed by atoms with E-state index in [9.17, 15) is 13.6 Å². The predicted molar refractivity (Wildman–Crippen MR) is 36.7 cm³/mol. The van der Waals surface area contributed by atoms with Crippen LogP contribution in [0.2, 0.25) is 0 Å². The molecule has 2 nitrogen and oxygen atoms in total. The largest absolute Gasteiger partial charge is 0.481 e. The van der Waals surface area contributed by atoms with Crippen molar-refractivity contribution in [1.82, 2.24) is 0 Å². The summed E-state index contributed by atoms with van der Waals surface area (Å²) in [5.41, 5.74) is 0. The maximum Gasteiger partial charge on any atom is 0.303 e. The van der Waals surface area contributed by atoms with Crippen molar-refractivity contribution in [3.63, 3.8) is 0 Å². The molecular formula is C7H12F2O2. The van der Waals surface area contributed by atoms with Gasteiger partial charge in [0.05, 0.1) is 0 Å². The van der Waals surface area contributed by atoms with Gasteiger partial charge in [-0.05, 0) is 6.42 Å². The van der Waals surface area contributed by atoms with E-state index in [0.717, 1.165) is 0 Å². The molecule has 4 heteroatoms. The van der Waals surface area contributed by atoms with Gasteiger partial charge in [0.15, 0.2) is 0 Å². The molecule has 0 atom stereocenters. The average Bonchev–Trinajstić information content (AvgIpc) is 1.87. The van der Waals surface area contributed by atoms with Gasteiger partial charge in [0.2, 0.25) is 5.92 Å². The molecule has 0 aliphatic heterocycles. The Hall–Kier alpha value is -0.670. The first-order chi connectivity index (χ1) is 4.98. The van der Waals surface area contributed by atoms with E-state index >= 15 is 0 Å². The van der Waals surface area contributed by atoms with Crippen LogP contribution in [-0.4, -0.2) is 17.0 Å². The van der Waals surface area contributed by atoms with Gasteiger partial charge in [0, 0.05) is 19.3 Å². The van der Waals surface area contributed by atoms with E-state index in [1.807, 2.05) is 0 Å². The van der Waals surface area contributed by atoms with Gasteiger partial charge in [-0.3, -0.25) is 4.79 Å². The topological polar surface area (TPSA) is 37.3 Å². The van der Waals surface area contributed by atoms with Crippen molar-refractivity contribution in [2.75, 3.05) is 0 Å².